The van der Waals surface area contributed by atoms with Gasteiger partial charge in [0.25, 0.3) is 0 Å². The molecule has 2 unspecified atom stereocenters. The Labute approximate surface area is 124 Å². The molecule has 0 radical (unpaired) electrons. The molecule has 1 aliphatic rings. The Morgan fingerprint density at radius 3 is 2.68 bits per heavy atom. The van der Waals surface area contributed by atoms with E-state index in [1.165, 1.54) is 11.1 Å². The number of aryl methyl sites for hydroxylation is 1. The zero-order valence-corrected chi connectivity index (χ0v) is 13.9. The van der Waals surface area contributed by atoms with Gasteiger partial charge in [0, 0.05) is 4.83 Å². The maximum Gasteiger partial charge on any atom is 0.152 e. The Balaban J connectivity index is 2.05. The number of alkyl halides is 1. The lowest BCUT2D eigenvalue weighted by molar-refractivity contribution is 0.439. The molecule has 2 atom stereocenters. The normalized spacial score (nSPS) is 23.4. The first-order chi connectivity index (χ1) is 8.92. The summed E-state index contributed by atoms with van der Waals surface area (Å²) in [7, 11) is -2.92. The van der Waals surface area contributed by atoms with E-state index in [2.05, 4.69) is 40.2 Å². The fraction of sp³-hybridized carbons (Fsp3) is 0.600. The van der Waals surface area contributed by atoms with Crippen LogP contribution in [0, 0.1) is 5.92 Å². The van der Waals surface area contributed by atoms with Crippen molar-refractivity contribution in [3.05, 3.63) is 35.4 Å². The van der Waals surface area contributed by atoms with Crippen LogP contribution < -0.4 is 0 Å². The van der Waals surface area contributed by atoms with E-state index in [-0.39, 0.29) is 5.25 Å². The second-order valence-corrected chi connectivity index (χ2v) is 9.27. The van der Waals surface area contributed by atoms with E-state index in [1.54, 1.807) is 13.8 Å². The molecule has 0 heterocycles. The van der Waals surface area contributed by atoms with E-state index in [0.717, 1.165) is 19.3 Å². The van der Waals surface area contributed by atoms with Crippen molar-refractivity contribution in [2.75, 3.05) is 5.75 Å². The highest BCUT2D eigenvalue weighted by Gasteiger charge is 2.29. The lowest BCUT2D eigenvalue weighted by Gasteiger charge is -2.30. The van der Waals surface area contributed by atoms with Gasteiger partial charge >= 0.3 is 0 Å². The largest absolute Gasteiger partial charge is 0.229 e. The van der Waals surface area contributed by atoms with Crippen molar-refractivity contribution in [3.8, 4) is 0 Å². The van der Waals surface area contributed by atoms with E-state index in [1.807, 2.05) is 0 Å². The maximum atomic E-state index is 11.9. The van der Waals surface area contributed by atoms with Crippen LogP contribution in [-0.2, 0) is 16.3 Å². The SMILES string of the molecule is CC(C)S(=O)(=O)CCC1CCc2ccccc2C1Br. The Morgan fingerprint density at radius 1 is 1.32 bits per heavy atom. The van der Waals surface area contributed by atoms with Gasteiger partial charge < -0.3 is 0 Å². The number of hydrogen-bond acceptors (Lipinski definition) is 2. The summed E-state index contributed by atoms with van der Waals surface area (Å²) in [4.78, 5) is 0.291. The lowest BCUT2D eigenvalue weighted by Crippen LogP contribution is -2.23. The van der Waals surface area contributed by atoms with Gasteiger partial charge in [-0.15, -0.1) is 0 Å². The van der Waals surface area contributed by atoms with Gasteiger partial charge in [0.15, 0.2) is 9.84 Å². The van der Waals surface area contributed by atoms with Crippen molar-refractivity contribution in [2.24, 2.45) is 5.92 Å². The fourth-order valence-electron chi connectivity index (χ4n) is 2.61. The van der Waals surface area contributed by atoms with Gasteiger partial charge in [-0.05, 0) is 50.2 Å². The number of fused-ring (bicyclic) bond motifs is 1. The summed E-state index contributed by atoms with van der Waals surface area (Å²) in [6, 6.07) is 8.45. The van der Waals surface area contributed by atoms with Crippen LogP contribution in [0.25, 0.3) is 0 Å². The van der Waals surface area contributed by atoms with Crippen LogP contribution in [-0.4, -0.2) is 19.4 Å². The first-order valence-electron chi connectivity index (χ1n) is 6.85. The van der Waals surface area contributed by atoms with Crippen molar-refractivity contribution >= 4 is 25.8 Å². The minimum atomic E-state index is -2.92. The van der Waals surface area contributed by atoms with Gasteiger partial charge in [0.05, 0.1) is 11.0 Å². The monoisotopic (exact) mass is 344 g/mol. The van der Waals surface area contributed by atoms with Gasteiger partial charge in [0.2, 0.25) is 0 Å². The van der Waals surface area contributed by atoms with Crippen molar-refractivity contribution in [2.45, 2.75) is 43.2 Å². The van der Waals surface area contributed by atoms with Gasteiger partial charge in [-0.2, -0.15) is 0 Å². The molecule has 1 aromatic rings. The summed E-state index contributed by atoms with van der Waals surface area (Å²) in [6.07, 6.45) is 2.88. The van der Waals surface area contributed by atoms with Crippen molar-refractivity contribution in [3.63, 3.8) is 0 Å². The summed E-state index contributed by atoms with van der Waals surface area (Å²) in [5.41, 5.74) is 2.73. The average Bonchev–Trinajstić information content (AvgIpc) is 2.38. The minimum absolute atomic E-state index is 0.267. The predicted molar refractivity (Wildman–Crippen MR) is 83.5 cm³/mol. The van der Waals surface area contributed by atoms with Crippen LogP contribution in [0.1, 0.15) is 42.6 Å². The number of sulfone groups is 1. The summed E-state index contributed by atoms with van der Waals surface area (Å²) >= 11 is 3.76. The van der Waals surface area contributed by atoms with Crippen LogP contribution >= 0.6 is 15.9 Å². The molecule has 0 amide bonds. The second kappa shape index (κ2) is 5.96. The molecule has 0 aromatic heterocycles. The highest BCUT2D eigenvalue weighted by Crippen LogP contribution is 2.42. The Kier molecular flexibility index (Phi) is 4.72. The molecule has 0 saturated heterocycles. The molecule has 1 aliphatic carbocycles. The first-order valence-corrected chi connectivity index (χ1v) is 9.48. The van der Waals surface area contributed by atoms with Gasteiger partial charge in [-0.3, -0.25) is 0 Å². The molecule has 2 nitrogen and oxygen atoms in total. The van der Waals surface area contributed by atoms with Gasteiger partial charge in [-0.25, -0.2) is 8.42 Å². The van der Waals surface area contributed by atoms with Crippen LogP contribution in [0.3, 0.4) is 0 Å². The van der Waals surface area contributed by atoms with Crippen LogP contribution in [0.4, 0.5) is 0 Å². The van der Waals surface area contributed by atoms with Crippen molar-refractivity contribution in [1.82, 2.24) is 0 Å². The predicted octanol–water partition coefficient (Wildman–Crippen LogP) is 3.90. The van der Waals surface area contributed by atoms with E-state index in [0.29, 0.717) is 16.5 Å². The van der Waals surface area contributed by atoms with Crippen LogP contribution in [0.15, 0.2) is 24.3 Å². The molecular formula is C15H21BrO2S. The fourth-order valence-corrected chi connectivity index (χ4v) is 4.69. The molecule has 4 heteroatoms. The maximum absolute atomic E-state index is 11.9. The zero-order valence-electron chi connectivity index (χ0n) is 11.5. The molecule has 19 heavy (non-hydrogen) atoms. The highest BCUT2D eigenvalue weighted by molar-refractivity contribution is 9.09. The molecular weight excluding hydrogens is 324 g/mol. The number of hydrogen-bond donors (Lipinski definition) is 0. The van der Waals surface area contributed by atoms with E-state index in [9.17, 15) is 8.42 Å². The third-order valence-corrected chi connectivity index (χ3v) is 7.52. The second-order valence-electron chi connectivity index (χ2n) is 5.60. The minimum Gasteiger partial charge on any atom is -0.229 e. The molecule has 0 bridgehead atoms. The third-order valence-electron chi connectivity index (χ3n) is 4.04. The summed E-state index contributed by atoms with van der Waals surface area (Å²) in [6.45, 7) is 3.52. The third kappa shape index (κ3) is 3.40. The van der Waals surface area contributed by atoms with Crippen LogP contribution in [0.5, 0.6) is 0 Å². The summed E-state index contributed by atoms with van der Waals surface area (Å²) < 4.78 is 23.8. The van der Waals surface area contributed by atoms with Gasteiger partial charge in [0.1, 0.15) is 0 Å². The quantitative estimate of drug-likeness (QED) is 0.776. The molecule has 0 N–H and O–H groups in total. The van der Waals surface area contributed by atoms with Crippen molar-refractivity contribution < 1.29 is 8.42 Å². The number of halogens is 1. The number of benzene rings is 1. The molecule has 0 saturated carbocycles. The Hall–Kier alpha value is -0.350. The molecule has 1 aromatic carbocycles. The molecule has 106 valence electrons. The highest BCUT2D eigenvalue weighted by atomic mass is 79.9. The standard InChI is InChI=1S/C15H21BrO2S/c1-11(2)19(17,18)10-9-13-8-7-12-5-3-4-6-14(12)15(13)16/h3-6,11,13,15H,7-10H2,1-2H3. The van der Waals surface area contributed by atoms with E-state index in [4.69, 9.17) is 0 Å². The van der Waals surface area contributed by atoms with E-state index < -0.39 is 9.84 Å². The summed E-state index contributed by atoms with van der Waals surface area (Å²) in [5, 5.41) is -0.267. The molecule has 0 fully saturated rings. The Morgan fingerprint density at radius 2 is 2.00 bits per heavy atom. The van der Waals surface area contributed by atoms with E-state index >= 15 is 0 Å². The molecule has 2 rings (SSSR count). The van der Waals surface area contributed by atoms with Crippen molar-refractivity contribution in [1.29, 1.82) is 0 Å². The summed E-state index contributed by atoms with van der Waals surface area (Å²) in [5.74, 6) is 0.725. The topological polar surface area (TPSA) is 34.1 Å². The smallest absolute Gasteiger partial charge is 0.152 e. The Bertz CT molecular complexity index is 537. The first kappa shape index (κ1) is 15.0. The zero-order chi connectivity index (χ0) is 14.0. The molecule has 0 spiro atoms. The number of rotatable bonds is 4. The lowest BCUT2D eigenvalue weighted by atomic mass is 9.82. The molecule has 0 aliphatic heterocycles. The van der Waals surface area contributed by atoms with Crippen LogP contribution in [0.2, 0.25) is 0 Å². The average molecular weight is 345 g/mol. The van der Waals surface area contributed by atoms with Gasteiger partial charge in [-0.1, -0.05) is 40.2 Å².